The Morgan fingerprint density at radius 2 is 2.22 bits per heavy atom. The molecule has 23 heavy (non-hydrogen) atoms. The van der Waals surface area contributed by atoms with E-state index in [-0.39, 0.29) is 6.61 Å². The van der Waals surface area contributed by atoms with E-state index in [4.69, 9.17) is 16.7 Å². The van der Waals surface area contributed by atoms with Crippen LogP contribution >= 0.6 is 11.6 Å². The first kappa shape index (κ1) is 15.7. The highest BCUT2D eigenvalue weighted by Crippen LogP contribution is 2.36. The molecule has 1 aliphatic rings. The number of hydrogen-bond acceptors (Lipinski definition) is 5. The summed E-state index contributed by atoms with van der Waals surface area (Å²) in [4.78, 5) is 10.6. The van der Waals surface area contributed by atoms with Gasteiger partial charge in [-0.1, -0.05) is 11.6 Å². The maximum atomic E-state index is 14.5. The van der Waals surface area contributed by atoms with Crippen molar-refractivity contribution >= 4 is 28.8 Å². The molecule has 1 aliphatic heterocycles. The Kier molecular flexibility index (Phi) is 4.45. The molecule has 7 heteroatoms. The van der Waals surface area contributed by atoms with Gasteiger partial charge >= 0.3 is 0 Å². The molecular weight excluding hydrogens is 319 g/mol. The number of fused-ring (bicyclic) bond motifs is 1. The van der Waals surface area contributed by atoms with Crippen molar-refractivity contribution in [3.8, 4) is 0 Å². The van der Waals surface area contributed by atoms with Crippen LogP contribution in [-0.4, -0.2) is 35.7 Å². The zero-order valence-electron chi connectivity index (χ0n) is 12.6. The molecule has 1 aromatic carbocycles. The van der Waals surface area contributed by atoms with Gasteiger partial charge in [0.2, 0.25) is 0 Å². The number of aryl methyl sites for hydroxylation is 1. The summed E-state index contributed by atoms with van der Waals surface area (Å²) in [6.45, 7) is 2.44. The summed E-state index contributed by atoms with van der Waals surface area (Å²) in [7, 11) is 0. The molecule has 0 atom stereocenters. The van der Waals surface area contributed by atoms with Crippen molar-refractivity contribution in [2.75, 3.05) is 24.7 Å². The average Bonchev–Trinajstić information content (AvgIpc) is 2.53. The van der Waals surface area contributed by atoms with Gasteiger partial charge in [-0.2, -0.15) is 0 Å². The first-order valence-corrected chi connectivity index (χ1v) is 7.57. The summed E-state index contributed by atoms with van der Waals surface area (Å²) < 4.78 is 14.5. The molecule has 0 saturated carbocycles. The van der Waals surface area contributed by atoms with Crippen LogP contribution in [0.5, 0.6) is 0 Å². The monoisotopic (exact) mass is 334 g/mol. The zero-order chi connectivity index (χ0) is 16.4. The molecule has 1 aromatic heterocycles. The van der Waals surface area contributed by atoms with Crippen LogP contribution in [0.1, 0.15) is 11.3 Å². The maximum absolute atomic E-state index is 14.5. The lowest BCUT2D eigenvalue weighted by Crippen LogP contribution is -2.35. The molecule has 0 bridgehead atoms. The molecular formula is C16H16ClFN4O. The summed E-state index contributed by atoms with van der Waals surface area (Å²) in [5.74, 6) is -0.0380. The highest BCUT2D eigenvalue weighted by molar-refractivity contribution is 6.31. The van der Waals surface area contributed by atoms with Crippen molar-refractivity contribution in [1.82, 2.24) is 10.3 Å². The Labute approximate surface area is 138 Å². The van der Waals surface area contributed by atoms with Gasteiger partial charge in [0, 0.05) is 17.8 Å². The zero-order valence-corrected chi connectivity index (χ0v) is 13.3. The standard InChI is InChI=1S/C16H16ClFN4O/c1-10-13(3-2-4-19-10)22-9-21-16(20-5-6-23)15-12(18)7-11(17)8-14(15)22/h2-4,7-8,23H,5-6,9H2,1H3,(H,20,21). The van der Waals surface area contributed by atoms with Crippen LogP contribution in [0.4, 0.5) is 15.8 Å². The van der Waals surface area contributed by atoms with Gasteiger partial charge in [0.15, 0.2) is 0 Å². The molecule has 2 heterocycles. The summed E-state index contributed by atoms with van der Waals surface area (Å²) in [5, 5.41) is 12.2. The number of aliphatic hydroxyl groups excluding tert-OH is 1. The Balaban J connectivity index is 2.12. The molecule has 0 amide bonds. The number of hydrogen-bond donors (Lipinski definition) is 2. The van der Waals surface area contributed by atoms with Gasteiger partial charge in [-0.05, 0) is 31.2 Å². The fourth-order valence-corrected chi connectivity index (χ4v) is 2.79. The maximum Gasteiger partial charge on any atom is 0.137 e. The molecule has 0 fully saturated rings. The van der Waals surface area contributed by atoms with E-state index < -0.39 is 5.82 Å². The van der Waals surface area contributed by atoms with Crippen molar-refractivity contribution in [2.24, 2.45) is 4.99 Å². The third-order valence-electron chi connectivity index (χ3n) is 3.61. The number of aromatic nitrogens is 1. The number of aliphatic hydroxyl groups is 1. The minimum absolute atomic E-state index is 0.0605. The Hall–Kier alpha value is -2.18. The van der Waals surface area contributed by atoms with Crippen molar-refractivity contribution in [3.63, 3.8) is 0 Å². The second-order valence-corrected chi connectivity index (χ2v) is 5.55. The van der Waals surface area contributed by atoms with E-state index in [1.165, 1.54) is 6.07 Å². The highest BCUT2D eigenvalue weighted by atomic mass is 35.5. The highest BCUT2D eigenvalue weighted by Gasteiger charge is 2.26. The molecule has 2 aromatic rings. The van der Waals surface area contributed by atoms with E-state index in [0.29, 0.717) is 35.3 Å². The second-order valence-electron chi connectivity index (χ2n) is 5.12. The molecule has 2 N–H and O–H groups in total. The van der Waals surface area contributed by atoms with Crippen LogP contribution < -0.4 is 10.2 Å². The predicted octanol–water partition coefficient (Wildman–Crippen LogP) is 2.62. The van der Waals surface area contributed by atoms with Gasteiger partial charge in [-0.3, -0.25) is 4.98 Å². The van der Waals surface area contributed by atoms with Crippen molar-refractivity contribution in [3.05, 3.63) is 52.6 Å². The Morgan fingerprint density at radius 3 is 2.96 bits per heavy atom. The van der Waals surface area contributed by atoms with E-state index in [1.54, 1.807) is 12.3 Å². The van der Waals surface area contributed by atoms with E-state index in [9.17, 15) is 4.39 Å². The van der Waals surface area contributed by atoms with Crippen molar-refractivity contribution in [2.45, 2.75) is 6.92 Å². The van der Waals surface area contributed by atoms with Gasteiger partial charge < -0.3 is 15.3 Å². The molecule has 3 rings (SSSR count). The fourth-order valence-electron chi connectivity index (χ4n) is 2.59. The van der Waals surface area contributed by atoms with Crippen LogP contribution in [0.25, 0.3) is 0 Å². The quantitative estimate of drug-likeness (QED) is 0.906. The smallest absolute Gasteiger partial charge is 0.137 e. The third kappa shape index (κ3) is 3.00. The van der Waals surface area contributed by atoms with Crippen LogP contribution in [0.3, 0.4) is 0 Å². The van der Waals surface area contributed by atoms with Gasteiger partial charge in [0.25, 0.3) is 0 Å². The first-order chi connectivity index (χ1) is 11.1. The average molecular weight is 335 g/mol. The Morgan fingerprint density at radius 1 is 1.39 bits per heavy atom. The molecule has 0 unspecified atom stereocenters. The molecule has 0 aliphatic carbocycles. The lowest BCUT2D eigenvalue weighted by molar-refractivity contribution is 0.300. The SMILES string of the molecule is Cc1ncccc1N1CN=C(NCCO)c2c(F)cc(Cl)cc21. The topological polar surface area (TPSA) is 60.8 Å². The number of benzene rings is 1. The number of nitrogens with one attached hydrogen (secondary N) is 1. The lowest BCUT2D eigenvalue weighted by Gasteiger charge is -2.31. The number of pyridine rings is 1. The largest absolute Gasteiger partial charge is 0.395 e. The minimum atomic E-state index is -0.456. The van der Waals surface area contributed by atoms with Gasteiger partial charge in [-0.25, -0.2) is 9.38 Å². The number of halogens is 2. The summed E-state index contributed by atoms with van der Waals surface area (Å²) in [6.07, 6.45) is 1.71. The van der Waals surface area contributed by atoms with Gasteiger partial charge in [-0.15, -0.1) is 0 Å². The summed E-state index contributed by atoms with van der Waals surface area (Å²) >= 11 is 6.04. The fraction of sp³-hybridized carbons (Fsp3) is 0.250. The molecule has 120 valence electrons. The van der Waals surface area contributed by atoms with Crippen LogP contribution in [0.15, 0.2) is 35.5 Å². The van der Waals surface area contributed by atoms with E-state index in [0.717, 1.165) is 11.4 Å². The second kappa shape index (κ2) is 6.52. The van der Waals surface area contributed by atoms with E-state index in [1.807, 2.05) is 24.0 Å². The number of rotatable bonds is 3. The summed E-state index contributed by atoms with van der Waals surface area (Å²) in [5.41, 5.74) is 2.64. The van der Waals surface area contributed by atoms with Crippen molar-refractivity contribution in [1.29, 1.82) is 0 Å². The third-order valence-corrected chi connectivity index (χ3v) is 3.82. The molecule has 0 spiro atoms. The van der Waals surface area contributed by atoms with Gasteiger partial charge in [0.05, 0.1) is 29.2 Å². The number of nitrogens with zero attached hydrogens (tertiary/aromatic N) is 3. The summed E-state index contributed by atoms with van der Waals surface area (Å²) in [6, 6.07) is 6.70. The lowest BCUT2D eigenvalue weighted by atomic mass is 10.1. The minimum Gasteiger partial charge on any atom is -0.395 e. The van der Waals surface area contributed by atoms with Crippen molar-refractivity contribution < 1.29 is 9.50 Å². The molecule has 0 radical (unpaired) electrons. The normalized spacial score (nSPS) is 13.6. The van der Waals surface area contributed by atoms with E-state index in [2.05, 4.69) is 15.3 Å². The number of aliphatic imine (C=N–C) groups is 1. The number of amidine groups is 1. The van der Waals surface area contributed by atoms with Crippen LogP contribution in [0, 0.1) is 12.7 Å². The number of anilines is 2. The Bertz CT molecular complexity index is 766. The van der Waals surface area contributed by atoms with Gasteiger partial charge in [0.1, 0.15) is 18.3 Å². The van der Waals surface area contributed by atoms with E-state index >= 15 is 0 Å². The first-order valence-electron chi connectivity index (χ1n) is 7.19. The molecule has 0 saturated heterocycles. The predicted molar refractivity (Wildman–Crippen MR) is 89.0 cm³/mol. The molecule has 5 nitrogen and oxygen atoms in total. The van der Waals surface area contributed by atoms with Crippen LogP contribution in [0.2, 0.25) is 5.02 Å². The van der Waals surface area contributed by atoms with Crippen LogP contribution in [-0.2, 0) is 0 Å².